The van der Waals surface area contributed by atoms with Crippen molar-refractivity contribution in [2.45, 2.75) is 26.7 Å². The topological polar surface area (TPSA) is 80.4 Å². The van der Waals surface area contributed by atoms with Crippen LogP contribution in [0.5, 0.6) is 5.75 Å². The zero-order valence-corrected chi connectivity index (χ0v) is 13.9. The summed E-state index contributed by atoms with van der Waals surface area (Å²) in [4.78, 5) is 25.0. The largest absolute Gasteiger partial charge is 0.497 e. The van der Waals surface area contributed by atoms with Crippen molar-refractivity contribution < 1.29 is 18.7 Å². The predicted molar refractivity (Wildman–Crippen MR) is 87.4 cm³/mol. The minimum Gasteiger partial charge on any atom is -0.497 e. The van der Waals surface area contributed by atoms with Gasteiger partial charge in [0.15, 0.2) is 11.6 Å². The second kappa shape index (κ2) is 5.74. The molecular formula is C19H19NO4. The molecule has 0 aliphatic heterocycles. The highest BCUT2D eigenvalue weighted by molar-refractivity contribution is 6.10. The van der Waals surface area contributed by atoms with Crippen LogP contribution >= 0.6 is 0 Å². The summed E-state index contributed by atoms with van der Waals surface area (Å²) in [6, 6.07) is 8.13. The summed E-state index contributed by atoms with van der Waals surface area (Å²) in [6.45, 7) is 3.98. The zero-order valence-electron chi connectivity index (χ0n) is 13.9. The molecule has 1 aliphatic rings. The van der Waals surface area contributed by atoms with Gasteiger partial charge in [-0.25, -0.2) is 0 Å². The lowest BCUT2D eigenvalue weighted by molar-refractivity contribution is 0.0896. The van der Waals surface area contributed by atoms with Gasteiger partial charge in [-0.2, -0.15) is 0 Å². The average molecular weight is 325 g/mol. The molecule has 0 bridgehead atoms. The maximum absolute atomic E-state index is 12.7. The number of methoxy groups -OCH3 is 1. The van der Waals surface area contributed by atoms with E-state index in [4.69, 9.17) is 14.6 Å². The van der Waals surface area contributed by atoms with Crippen molar-refractivity contribution >= 4 is 11.6 Å². The Kier molecular flexibility index (Phi) is 3.87. The first-order valence-electron chi connectivity index (χ1n) is 7.74. The fourth-order valence-electron chi connectivity index (χ4n) is 2.98. The lowest BCUT2D eigenvalue weighted by Gasteiger charge is -2.28. The third-order valence-corrected chi connectivity index (χ3v) is 4.23. The first-order valence-corrected chi connectivity index (χ1v) is 7.74. The van der Waals surface area contributed by atoms with Crippen molar-refractivity contribution in [3.8, 4) is 5.75 Å². The second-order valence-electron chi connectivity index (χ2n) is 6.82. The Labute approximate surface area is 139 Å². The standard InChI is InChI=1S/C19H19NO4/c1-19(2)9-15(21)13-8-14(18(20)24-16(13)10-19)17(22)11-4-6-12(23-3)7-5-11/h4-8,20H,9-10H2,1-3H3. The molecule has 1 N–H and O–H groups in total. The maximum Gasteiger partial charge on any atom is 0.222 e. The SMILES string of the molecule is COc1ccc(C(=O)c2cc3c(oc2=N)CC(C)(C)CC3=O)cc1. The van der Waals surface area contributed by atoms with Gasteiger partial charge < -0.3 is 9.15 Å². The van der Waals surface area contributed by atoms with E-state index >= 15 is 0 Å². The number of rotatable bonds is 3. The van der Waals surface area contributed by atoms with Crippen LogP contribution in [0.4, 0.5) is 0 Å². The molecular weight excluding hydrogens is 306 g/mol. The molecule has 0 fully saturated rings. The minimum absolute atomic E-state index is 0.0474. The molecule has 0 saturated carbocycles. The molecule has 0 unspecified atom stereocenters. The number of ether oxygens (including phenoxy) is 1. The van der Waals surface area contributed by atoms with E-state index in [1.165, 1.54) is 6.07 Å². The van der Waals surface area contributed by atoms with Gasteiger partial charge in [-0.05, 0) is 35.7 Å². The Morgan fingerprint density at radius 1 is 1.21 bits per heavy atom. The van der Waals surface area contributed by atoms with Crippen molar-refractivity contribution in [1.29, 1.82) is 5.41 Å². The van der Waals surface area contributed by atoms with Gasteiger partial charge >= 0.3 is 0 Å². The summed E-state index contributed by atoms with van der Waals surface area (Å²) >= 11 is 0. The highest BCUT2D eigenvalue weighted by Gasteiger charge is 2.33. The second-order valence-corrected chi connectivity index (χ2v) is 6.82. The van der Waals surface area contributed by atoms with Crippen molar-refractivity contribution in [2.24, 2.45) is 5.41 Å². The fraction of sp³-hybridized carbons (Fsp3) is 0.316. The molecule has 2 aromatic rings. The van der Waals surface area contributed by atoms with Crippen molar-refractivity contribution in [1.82, 2.24) is 0 Å². The smallest absolute Gasteiger partial charge is 0.222 e. The van der Waals surface area contributed by atoms with Gasteiger partial charge in [0, 0.05) is 18.4 Å². The van der Waals surface area contributed by atoms with Gasteiger partial charge in [0.25, 0.3) is 0 Å². The number of hydrogen-bond donors (Lipinski definition) is 1. The van der Waals surface area contributed by atoms with Gasteiger partial charge in [-0.3, -0.25) is 15.0 Å². The molecule has 24 heavy (non-hydrogen) atoms. The van der Waals surface area contributed by atoms with E-state index in [-0.39, 0.29) is 28.1 Å². The van der Waals surface area contributed by atoms with Crippen LogP contribution in [0.25, 0.3) is 0 Å². The average Bonchev–Trinajstić information content (AvgIpc) is 2.52. The van der Waals surface area contributed by atoms with Crippen LogP contribution in [-0.4, -0.2) is 18.7 Å². The molecule has 124 valence electrons. The molecule has 1 aromatic heterocycles. The number of benzene rings is 1. The van der Waals surface area contributed by atoms with Crippen LogP contribution in [0.3, 0.4) is 0 Å². The third kappa shape index (κ3) is 2.89. The van der Waals surface area contributed by atoms with Gasteiger partial charge in [-0.1, -0.05) is 13.8 Å². The quantitative estimate of drug-likeness (QED) is 0.879. The predicted octanol–water partition coefficient (Wildman–Crippen LogP) is 3.15. The molecule has 0 atom stereocenters. The molecule has 1 aliphatic carbocycles. The number of fused-ring (bicyclic) bond motifs is 1. The van der Waals surface area contributed by atoms with Crippen LogP contribution in [0.1, 0.15) is 52.3 Å². The summed E-state index contributed by atoms with van der Waals surface area (Å²) < 4.78 is 10.6. The molecule has 5 nitrogen and oxygen atoms in total. The summed E-state index contributed by atoms with van der Waals surface area (Å²) in [5.74, 6) is 0.748. The Morgan fingerprint density at radius 2 is 1.88 bits per heavy atom. The van der Waals surface area contributed by atoms with Crippen LogP contribution in [0.2, 0.25) is 0 Å². The third-order valence-electron chi connectivity index (χ3n) is 4.23. The molecule has 0 spiro atoms. The molecule has 1 heterocycles. The normalized spacial score (nSPS) is 15.7. The van der Waals surface area contributed by atoms with Gasteiger partial charge in [0.05, 0.1) is 18.2 Å². The van der Waals surface area contributed by atoms with Crippen LogP contribution in [0.15, 0.2) is 34.7 Å². The Balaban J connectivity index is 2.03. The number of nitrogens with one attached hydrogen (secondary N) is 1. The fourth-order valence-corrected chi connectivity index (χ4v) is 2.98. The first-order chi connectivity index (χ1) is 11.3. The van der Waals surface area contributed by atoms with E-state index in [2.05, 4.69) is 0 Å². The summed E-state index contributed by atoms with van der Waals surface area (Å²) in [7, 11) is 1.55. The van der Waals surface area contributed by atoms with Gasteiger partial charge in [0.2, 0.25) is 5.55 Å². The lowest BCUT2D eigenvalue weighted by Crippen LogP contribution is -2.29. The molecule has 5 heteroatoms. The van der Waals surface area contributed by atoms with Crippen LogP contribution in [0, 0.1) is 10.8 Å². The molecule has 0 saturated heterocycles. The Hall–Kier alpha value is -2.69. The maximum atomic E-state index is 12.7. The van der Waals surface area contributed by atoms with Gasteiger partial charge in [0.1, 0.15) is 11.5 Å². The highest BCUT2D eigenvalue weighted by atomic mass is 16.5. The molecule has 1 aromatic carbocycles. The molecule has 0 radical (unpaired) electrons. The van der Waals surface area contributed by atoms with E-state index in [0.29, 0.717) is 35.5 Å². The number of Topliss-reactive ketones (excluding diaryl/α,β-unsaturated/α-hetero) is 1. The molecule has 3 rings (SSSR count). The van der Waals surface area contributed by atoms with Crippen LogP contribution in [-0.2, 0) is 6.42 Å². The summed E-state index contributed by atoms with van der Waals surface area (Å²) in [5, 5.41) is 8.04. The lowest BCUT2D eigenvalue weighted by atomic mass is 9.76. The van der Waals surface area contributed by atoms with Crippen molar-refractivity contribution in [3.05, 3.63) is 58.3 Å². The van der Waals surface area contributed by atoms with Gasteiger partial charge in [-0.15, -0.1) is 0 Å². The summed E-state index contributed by atoms with van der Waals surface area (Å²) in [5.41, 5.74) is 0.541. The van der Waals surface area contributed by atoms with E-state index in [0.717, 1.165) is 0 Å². The van der Waals surface area contributed by atoms with Crippen LogP contribution < -0.4 is 10.3 Å². The number of ketones is 2. The van der Waals surface area contributed by atoms with Crippen molar-refractivity contribution in [3.63, 3.8) is 0 Å². The monoisotopic (exact) mass is 325 g/mol. The Morgan fingerprint density at radius 3 is 2.50 bits per heavy atom. The number of hydrogen-bond acceptors (Lipinski definition) is 5. The van der Waals surface area contributed by atoms with E-state index < -0.39 is 0 Å². The number of carbonyl (C=O) groups is 2. The Bertz CT molecular complexity index is 875. The number of carbonyl (C=O) groups excluding carboxylic acids is 2. The minimum atomic E-state index is -0.341. The molecule has 0 amide bonds. The van der Waals surface area contributed by atoms with E-state index in [1.54, 1.807) is 31.4 Å². The first kappa shape index (κ1) is 16.2. The van der Waals surface area contributed by atoms with E-state index in [9.17, 15) is 9.59 Å². The highest BCUT2D eigenvalue weighted by Crippen LogP contribution is 2.34. The summed E-state index contributed by atoms with van der Waals surface area (Å²) in [6.07, 6.45) is 0.986. The zero-order chi connectivity index (χ0) is 17.5. The van der Waals surface area contributed by atoms with E-state index in [1.807, 2.05) is 13.8 Å². The van der Waals surface area contributed by atoms with Crippen molar-refractivity contribution in [2.75, 3.05) is 7.11 Å².